The number of thioether (sulfide) groups is 1. The Morgan fingerprint density at radius 1 is 1.25 bits per heavy atom. The van der Waals surface area contributed by atoms with Gasteiger partial charge in [0.15, 0.2) is 0 Å². The van der Waals surface area contributed by atoms with Gasteiger partial charge in [0.05, 0.1) is 6.61 Å². The lowest BCUT2D eigenvalue weighted by Gasteiger charge is -2.00. The summed E-state index contributed by atoms with van der Waals surface area (Å²) >= 11 is 1.96. The monoisotopic (exact) mass is 234 g/mol. The van der Waals surface area contributed by atoms with Crippen molar-refractivity contribution < 1.29 is 5.11 Å². The summed E-state index contributed by atoms with van der Waals surface area (Å²) in [5.74, 6) is 8.24. The number of aliphatic hydroxyl groups excluding tert-OH is 1. The molecule has 2 heteroatoms. The zero-order chi connectivity index (χ0) is 11.6. The van der Waals surface area contributed by atoms with Crippen molar-refractivity contribution in [3.8, 4) is 11.8 Å². The smallest absolute Gasteiger partial charge is 0.0540 e. The second-order valence-electron chi connectivity index (χ2n) is 3.52. The highest BCUT2D eigenvalue weighted by Crippen LogP contribution is 2.13. The second kappa shape index (κ2) is 8.27. The molecule has 0 aliphatic heterocycles. The van der Waals surface area contributed by atoms with Crippen LogP contribution in [0.15, 0.2) is 24.3 Å². The molecular weight excluding hydrogens is 216 g/mol. The predicted molar refractivity (Wildman–Crippen MR) is 71.5 cm³/mol. The largest absolute Gasteiger partial charge is 0.395 e. The van der Waals surface area contributed by atoms with Crippen LogP contribution in [0.2, 0.25) is 0 Å². The van der Waals surface area contributed by atoms with Gasteiger partial charge in [-0.1, -0.05) is 30.9 Å². The predicted octanol–water partition coefficient (Wildman–Crippen LogP) is 3.06. The summed E-state index contributed by atoms with van der Waals surface area (Å²) in [5.41, 5.74) is 2.38. The molecule has 0 fully saturated rings. The number of rotatable bonds is 5. The molecule has 0 bridgehead atoms. The van der Waals surface area contributed by atoms with Crippen LogP contribution < -0.4 is 0 Å². The van der Waals surface area contributed by atoms with Gasteiger partial charge in [0.1, 0.15) is 0 Å². The maximum absolute atomic E-state index is 8.60. The van der Waals surface area contributed by atoms with Crippen molar-refractivity contribution in [3.05, 3.63) is 35.4 Å². The first kappa shape index (κ1) is 13.2. The van der Waals surface area contributed by atoms with E-state index in [0.717, 1.165) is 11.3 Å². The van der Waals surface area contributed by atoms with Crippen molar-refractivity contribution in [3.63, 3.8) is 0 Å². The fourth-order valence-electron chi connectivity index (χ4n) is 1.24. The van der Waals surface area contributed by atoms with Crippen molar-refractivity contribution in [2.24, 2.45) is 0 Å². The van der Waals surface area contributed by atoms with Crippen LogP contribution in [0.4, 0.5) is 0 Å². The highest BCUT2D eigenvalue weighted by Gasteiger charge is 1.93. The van der Waals surface area contributed by atoms with E-state index in [1.807, 2.05) is 23.9 Å². The van der Waals surface area contributed by atoms with Crippen LogP contribution in [0.3, 0.4) is 0 Å². The van der Waals surface area contributed by atoms with E-state index in [1.54, 1.807) is 0 Å². The summed E-state index contributed by atoms with van der Waals surface area (Å²) in [6.45, 7) is 2.34. The minimum Gasteiger partial charge on any atom is -0.395 e. The Labute approximate surface area is 102 Å². The third kappa shape index (κ3) is 5.25. The van der Waals surface area contributed by atoms with Crippen LogP contribution in [-0.4, -0.2) is 17.5 Å². The molecule has 1 rings (SSSR count). The minimum atomic E-state index is 0.138. The molecule has 0 unspecified atom stereocenters. The van der Waals surface area contributed by atoms with Gasteiger partial charge in [-0.3, -0.25) is 0 Å². The van der Waals surface area contributed by atoms with Gasteiger partial charge in [-0.05, 0) is 29.9 Å². The average Bonchev–Trinajstić information content (AvgIpc) is 2.32. The van der Waals surface area contributed by atoms with Crippen LogP contribution in [0.1, 0.15) is 30.9 Å². The lowest BCUT2D eigenvalue weighted by molar-refractivity contribution is 0.305. The van der Waals surface area contributed by atoms with Crippen LogP contribution >= 0.6 is 11.8 Å². The fourth-order valence-corrected chi connectivity index (χ4v) is 2.10. The first-order valence-corrected chi connectivity index (χ1v) is 6.78. The topological polar surface area (TPSA) is 20.2 Å². The van der Waals surface area contributed by atoms with Crippen molar-refractivity contribution in [2.75, 3.05) is 12.4 Å². The molecule has 0 spiro atoms. The third-order valence-electron chi connectivity index (χ3n) is 2.04. The van der Waals surface area contributed by atoms with Gasteiger partial charge < -0.3 is 5.11 Å². The third-order valence-corrected chi connectivity index (χ3v) is 3.28. The Morgan fingerprint density at radius 3 is 2.62 bits per heavy atom. The van der Waals surface area contributed by atoms with Crippen molar-refractivity contribution in [1.82, 2.24) is 0 Å². The van der Waals surface area contributed by atoms with E-state index < -0.39 is 0 Å². The molecule has 1 aromatic carbocycles. The molecule has 0 saturated heterocycles. The molecule has 0 saturated carbocycles. The highest BCUT2D eigenvalue weighted by molar-refractivity contribution is 7.98. The second-order valence-corrected chi connectivity index (χ2v) is 4.63. The van der Waals surface area contributed by atoms with E-state index in [2.05, 4.69) is 30.9 Å². The molecule has 86 valence electrons. The maximum Gasteiger partial charge on any atom is 0.0540 e. The zero-order valence-electron chi connectivity index (χ0n) is 9.70. The molecule has 0 aliphatic rings. The summed E-state index contributed by atoms with van der Waals surface area (Å²) in [6.07, 6.45) is 1.78. The number of hydrogen-bond acceptors (Lipinski definition) is 2. The van der Waals surface area contributed by atoms with E-state index in [0.29, 0.717) is 6.42 Å². The van der Waals surface area contributed by atoms with E-state index in [-0.39, 0.29) is 6.61 Å². The van der Waals surface area contributed by atoms with Crippen LogP contribution in [0.5, 0.6) is 0 Å². The minimum absolute atomic E-state index is 0.138. The molecule has 0 amide bonds. The quantitative estimate of drug-likeness (QED) is 0.624. The van der Waals surface area contributed by atoms with Gasteiger partial charge in [-0.2, -0.15) is 11.8 Å². The Balaban J connectivity index is 2.45. The fraction of sp³-hybridized carbons (Fsp3) is 0.429. The molecule has 0 heterocycles. The molecule has 1 aromatic rings. The van der Waals surface area contributed by atoms with Crippen LogP contribution in [0.25, 0.3) is 0 Å². The lowest BCUT2D eigenvalue weighted by Crippen LogP contribution is -1.83. The van der Waals surface area contributed by atoms with Crippen LogP contribution in [0, 0.1) is 11.8 Å². The maximum atomic E-state index is 8.60. The molecule has 1 nitrogen and oxygen atoms in total. The first-order chi connectivity index (χ1) is 7.86. The van der Waals surface area contributed by atoms with Gasteiger partial charge >= 0.3 is 0 Å². The zero-order valence-corrected chi connectivity index (χ0v) is 10.5. The summed E-state index contributed by atoms with van der Waals surface area (Å²) in [5, 5.41) is 8.60. The van der Waals surface area contributed by atoms with E-state index in [9.17, 15) is 0 Å². The van der Waals surface area contributed by atoms with Crippen molar-refractivity contribution in [2.45, 2.75) is 25.5 Å². The summed E-state index contributed by atoms with van der Waals surface area (Å²) in [6, 6.07) is 8.36. The average molecular weight is 234 g/mol. The number of benzene rings is 1. The Bertz CT molecular complexity index is 345. The normalized spacial score (nSPS) is 9.62. The van der Waals surface area contributed by atoms with Gasteiger partial charge in [0.2, 0.25) is 0 Å². The summed E-state index contributed by atoms with van der Waals surface area (Å²) < 4.78 is 0. The number of hydrogen-bond donors (Lipinski definition) is 1. The van der Waals surface area contributed by atoms with Gasteiger partial charge in [-0.15, -0.1) is 0 Å². The standard InChI is InChI=1S/C14H18OS/c1-2-11-16-12-14-8-6-13(7-9-14)5-3-4-10-15/h6-9,15H,2,4,10-12H2,1H3. The molecule has 1 N–H and O–H groups in total. The molecule has 0 radical (unpaired) electrons. The van der Waals surface area contributed by atoms with Gasteiger partial charge in [-0.25, -0.2) is 0 Å². The summed E-state index contributed by atoms with van der Waals surface area (Å²) in [7, 11) is 0. The Hall–Kier alpha value is -0.910. The van der Waals surface area contributed by atoms with Crippen molar-refractivity contribution >= 4 is 11.8 Å². The molecule has 16 heavy (non-hydrogen) atoms. The van der Waals surface area contributed by atoms with Gasteiger partial charge in [0.25, 0.3) is 0 Å². The Morgan fingerprint density at radius 2 is 2.00 bits per heavy atom. The lowest BCUT2D eigenvalue weighted by atomic mass is 10.1. The highest BCUT2D eigenvalue weighted by atomic mass is 32.2. The van der Waals surface area contributed by atoms with E-state index in [1.165, 1.54) is 17.7 Å². The molecular formula is C14H18OS. The molecule has 0 aromatic heterocycles. The number of aliphatic hydroxyl groups is 1. The SMILES string of the molecule is CCCSCc1ccc(C#CCCO)cc1. The molecule has 0 atom stereocenters. The van der Waals surface area contributed by atoms with Crippen molar-refractivity contribution in [1.29, 1.82) is 0 Å². The Kier molecular flexibility index (Phi) is 6.80. The van der Waals surface area contributed by atoms with E-state index >= 15 is 0 Å². The molecule has 0 aliphatic carbocycles. The summed E-state index contributed by atoms with van der Waals surface area (Å²) in [4.78, 5) is 0. The van der Waals surface area contributed by atoms with Gasteiger partial charge in [0, 0.05) is 17.7 Å². The van der Waals surface area contributed by atoms with Crippen LogP contribution in [-0.2, 0) is 5.75 Å². The first-order valence-electron chi connectivity index (χ1n) is 5.63. The van der Waals surface area contributed by atoms with E-state index in [4.69, 9.17) is 5.11 Å².